The second-order valence-electron chi connectivity index (χ2n) is 5.37. The predicted molar refractivity (Wildman–Crippen MR) is 68.3 cm³/mol. The lowest BCUT2D eigenvalue weighted by Crippen LogP contribution is -2.20. The van der Waals surface area contributed by atoms with Crippen LogP contribution in [-0.2, 0) is 9.53 Å². The van der Waals surface area contributed by atoms with Crippen molar-refractivity contribution in [2.75, 3.05) is 0 Å². The summed E-state index contributed by atoms with van der Waals surface area (Å²) in [5.41, 5.74) is 0. The highest BCUT2D eigenvalue weighted by atomic mass is 16.5. The molecule has 0 unspecified atom stereocenters. The van der Waals surface area contributed by atoms with Gasteiger partial charge < -0.3 is 4.74 Å². The van der Waals surface area contributed by atoms with Crippen LogP contribution in [0, 0.1) is 11.8 Å². The monoisotopic (exact) mass is 228 g/mol. The predicted octanol–water partition coefficient (Wildman–Crippen LogP) is 4.18. The molecule has 1 aliphatic rings. The van der Waals surface area contributed by atoms with Gasteiger partial charge in [0.1, 0.15) is 0 Å². The van der Waals surface area contributed by atoms with Gasteiger partial charge in [0.05, 0.1) is 12.0 Å². The van der Waals surface area contributed by atoms with Crippen molar-refractivity contribution in [2.45, 2.75) is 72.8 Å². The highest BCUT2D eigenvalue weighted by Gasteiger charge is 2.24. The van der Waals surface area contributed by atoms with Crippen molar-refractivity contribution in [2.24, 2.45) is 11.8 Å². The van der Waals surface area contributed by atoms with Gasteiger partial charge in [0.25, 0.3) is 0 Å². The molecule has 1 saturated carbocycles. The van der Waals surface area contributed by atoms with Crippen molar-refractivity contribution in [1.82, 2.24) is 0 Å². The average Bonchev–Trinajstić information content (AvgIpc) is 2.69. The maximum Gasteiger partial charge on any atom is 0.309 e. The number of hydrogen-bond donors (Lipinski definition) is 0. The molecule has 0 aliphatic heterocycles. The first-order valence-corrected chi connectivity index (χ1v) is 6.67. The number of ether oxygens (including phenoxy) is 1. The fourth-order valence-electron chi connectivity index (χ4n) is 1.54. The Bertz CT molecular complexity index is 178. The Hall–Kier alpha value is -0.530. The second-order valence-corrected chi connectivity index (χ2v) is 5.37. The van der Waals surface area contributed by atoms with E-state index in [9.17, 15) is 4.79 Å². The third-order valence-corrected chi connectivity index (χ3v) is 2.58. The van der Waals surface area contributed by atoms with E-state index in [1.165, 1.54) is 12.8 Å². The van der Waals surface area contributed by atoms with E-state index >= 15 is 0 Å². The van der Waals surface area contributed by atoms with Gasteiger partial charge >= 0.3 is 5.97 Å². The van der Waals surface area contributed by atoms with Crippen LogP contribution < -0.4 is 0 Å². The van der Waals surface area contributed by atoms with Gasteiger partial charge in [-0.05, 0) is 32.1 Å². The van der Waals surface area contributed by atoms with Gasteiger partial charge in [0.2, 0.25) is 0 Å². The fourth-order valence-corrected chi connectivity index (χ4v) is 1.54. The Morgan fingerprint density at radius 1 is 1.19 bits per heavy atom. The Labute approximate surface area is 101 Å². The first-order chi connectivity index (χ1) is 7.47. The molecule has 0 aromatic carbocycles. The van der Waals surface area contributed by atoms with Crippen molar-refractivity contribution in [3.63, 3.8) is 0 Å². The first-order valence-electron chi connectivity index (χ1n) is 6.67. The van der Waals surface area contributed by atoms with E-state index in [1.807, 2.05) is 13.8 Å². The average molecular weight is 228 g/mol. The van der Waals surface area contributed by atoms with Crippen molar-refractivity contribution in [1.29, 1.82) is 0 Å². The summed E-state index contributed by atoms with van der Waals surface area (Å²) in [6.45, 7) is 10.5. The molecule has 16 heavy (non-hydrogen) atoms. The summed E-state index contributed by atoms with van der Waals surface area (Å²) in [5, 5.41) is 0. The molecule has 0 radical (unpaired) electrons. The summed E-state index contributed by atoms with van der Waals surface area (Å²) >= 11 is 0. The summed E-state index contributed by atoms with van der Waals surface area (Å²) in [6.07, 6.45) is 5.47. The Kier molecular flexibility index (Phi) is 8.32. The molecule has 2 nitrogen and oxygen atoms in total. The van der Waals surface area contributed by atoms with E-state index in [0.717, 1.165) is 25.2 Å². The van der Waals surface area contributed by atoms with Crippen LogP contribution in [0.2, 0.25) is 0 Å². The quantitative estimate of drug-likeness (QED) is 0.677. The number of carbonyl (C=O) groups is 1. The smallest absolute Gasteiger partial charge is 0.309 e. The van der Waals surface area contributed by atoms with E-state index in [4.69, 9.17) is 4.74 Å². The number of esters is 1. The molecule has 0 bridgehead atoms. The summed E-state index contributed by atoms with van der Waals surface area (Å²) in [6, 6.07) is 0. The van der Waals surface area contributed by atoms with Gasteiger partial charge in [-0.2, -0.15) is 0 Å². The highest BCUT2D eigenvalue weighted by Crippen LogP contribution is 2.26. The van der Waals surface area contributed by atoms with E-state index in [0.29, 0.717) is 0 Å². The highest BCUT2D eigenvalue weighted by molar-refractivity contribution is 5.72. The van der Waals surface area contributed by atoms with Gasteiger partial charge in [0, 0.05) is 0 Å². The van der Waals surface area contributed by atoms with Crippen molar-refractivity contribution in [3.05, 3.63) is 0 Å². The Morgan fingerprint density at radius 2 is 1.62 bits per heavy atom. The maximum atomic E-state index is 11.4. The summed E-state index contributed by atoms with van der Waals surface area (Å²) in [4.78, 5) is 11.4. The molecule has 0 aromatic rings. The lowest BCUT2D eigenvalue weighted by atomic mass is 10.1. The minimum Gasteiger partial charge on any atom is -0.462 e. The largest absolute Gasteiger partial charge is 0.462 e. The standard InChI is InChI=1S/C10H18O2.C4H10/c1-3-8(2)12-10(11)9-6-4-5-7-9;1-4(2)3/h8-9H,3-7H2,1-2H3;4H,1-3H3/t8-;/m1./s1. The molecule has 1 fully saturated rings. The van der Waals surface area contributed by atoms with Crippen LogP contribution in [0.15, 0.2) is 0 Å². The molecular weight excluding hydrogens is 200 g/mol. The molecule has 1 atom stereocenters. The number of carbonyl (C=O) groups excluding carboxylic acids is 1. The van der Waals surface area contributed by atoms with Crippen LogP contribution in [-0.4, -0.2) is 12.1 Å². The zero-order chi connectivity index (χ0) is 12.6. The molecule has 0 aromatic heterocycles. The second kappa shape index (κ2) is 8.60. The molecular formula is C14H28O2. The van der Waals surface area contributed by atoms with Gasteiger partial charge in [-0.1, -0.05) is 40.5 Å². The summed E-state index contributed by atoms with van der Waals surface area (Å²) in [7, 11) is 0. The molecule has 0 saturated heterocycles. The van der Waals surface area contributed by atoms with Crippen LogP contribution >= 0.6 is 0 Å². The molecule has 96 valence electrons. The Morgan fingerprint density at radius 3 is 2.00 bits per heavy atom. The zero-order valence-corrected chi connectivity index (χ0v) is 11.6. The minimum atomic E-state index is 0.0295. The van der Waals surface area contributed by atoms with Crippen molar-refractivity contribution in [3.8, 4) is 0 Å². The van der Waals surface area contributed by atoms with Gasteiger partial charge in [-0.15, -0.1) is 0 Å². The third kappa shape index (κ3) is 7.72. The van der Waals surface area contributed by atoms with Gasteiger partial charge in [-0.3, -0.25) is 4.79 Å². The molecule has 0 spiro atoms. The molecule has 1 rings (SSSR count). The van der Waals surface area contributed by atoms with Crippen molar-refractivity contribution < 1.29 is 9.53 Å². The molecule has 0 heterocycles. The van der Waals surface area contributed by atoms with Crippen molar-refractivity contribution >= 4 is 5.97 Å². The fraction of sp³-hybridized carbons (Fsp3) is 0.929. The van der Waals surface area contributed by atoms with Crippen LogP contribution in [0.4, 0.5) is 0 Å². The topological polar surface area (TPSA) is 26.3 Å². The lowest BCUT2D eigenvalue weighted by molar-refractivity contribution is -0.153. The number of rotatable bonds is 3. The van der Waals surface area contributed by atoms with Gasteiger partial charge in [0.15, 0.2) is 0 Å². The molecule has 2 heteroatoms. The minimum absolute atomic E-state index is 0.0295. The summed E-state index contributed by atoms with van der Waals surface area (Å²) < 4.78 is 5.24. The zero-order valence-electron chi connectivity index (χ0n) is 11.6. The van der Waals surface area contributed by atoms with E-state index in [-0.39, 0.29) is 18.0 Å². The van der Waals surface area contributed by atoms with Gasteiger partial charge in [-0.25, -0.2) is 0 Å². The normalized spacial score (nSPS) is 17.9. The van der Waals surface area contributed by atoms with E-state index in [2.05, 4.69) is 20.8 Å². The van der Waals surface area contributed by atoms with E-state index in [1.54, 1.807) is 0 Å². The lowest BCUT2D eigenvalue weighted by Gasteiger charge is -2.14. The van der Waals surface area contributed by atoms with Crippen LogP contribution in [0.1, 0.15) is 66.7 Å². The maximum absolute atomic E-state index is 11.4. The van der Waals surface area contributed by atoms with Crippen LogP contribution in [0.25, 0.3) is 0 Å². The van der Waals surface area contributed by atoms with Crippen LogP contribution in [0.5, 0.6) is 0 Å². The molecule has 1 aliphatic carbocycles. The SMILES string of the molecule is CC(C)C.CC[C@@H](C)OC(=O)C1CCCC1. The third-order valence-electron chi connectivity index (χ3n) is 2.58. The molecule has 0 N–H and O–H groups in total. The summed E-state index contributed by atoms with van der Waals surface area (Å²) in [5.74, 6) is 1.07. The molecule has 0 amide bonds. The number of hydrogen-bond acceptors (Lipinski definition) is 2. The first kappa shape index (κ1) is 15.5. The Balaban J connectivity index is 0.000000487. The van der Waals surface area contributed by atoms with Crippen LogP contribution in [0.3, 0.4) is 0 Å². The van der Waals surface area contributed by atoms with E-state index < -0.39 is 0 Å².